The van der Waals surface area contributed by atoms with Gasteiger partial charge in [-0.15, -0.1) is 0 Å². The largest absolute Gasteiger partial charge is 0.455 e. The molecular weight excluding hydrogens is 607 g/mol. The van der Waals surface area contributed by atoms with Gasteiger partial charge in [-0.05, 0) is 68.6 Å². The van der Waals surface area contributed by atoms with Crippen LogP contribution in [0.15, 0.2) is 180 Å². The van der Waals surface area contributed by atoms with Gasteiger partial charge < -0.3 is 8.82 Å². The quantitative estimate of drug-likeness (QED) is 0.185. The smallest absolute Gasteiger partial charge is 0.143 e. The zero-order valence-corrected chi connectivity index (χ0v) is 27.1. The van der Waals surface area contributed by atoms with E-state index in [2.05, 4.69) is 168 Å². The second kappa shape index (κ2) is 10.4. The van der Waals surface area contributed by atoms with Crippen molar-refractivity contribution in [2.45, 2.75) is 0 Å². The van der Waals surface area contributed by atoms with Crippen molar-refractivity contribution in [1.82, 2.24) is 4.40 Å². The summed E-state index contributed by atoms with van der Waals surface area (Å²) in [6.45, 7) is 0. The lowest BCUT2D eigenvalue weighted by Gasteiger charge is -2.08. The topological polar surface area (TPSA) is 17.6 Å². The van der Waals surface area contributed by atoms with E-state index in [1.54, 1.807) is 0 Å². The molecule has 0 aliphatic carbocycles. The van der Waals surface area contributed by atoms with Crippen LogP contribution in [0.3, 0.4) is 0 Å². The van der Waals surface area contributed by atoms with Crippen LogP contribution in [-0.2, 0) is 0 Å². The molecule has 2 heteroatoms. The Balaban J connectivity index is 1.22. The first-order chi connectivity index (χ1) is 24.8. The van der Waals surface area contributed by atoms with E-state index in [0.29, 0.717) is 0 Å². The average molecular weight is 636 g/mol. The summed E-state index contributed by atoms with van der Waals surface area (Å²) in [4.78, 5) is 0. The normalized spacial score (nSPS) is 12.0. The summed E-state index contributed by atoms with van der Waals surface area (Å²) in [7, 11) is 0. The van der Waals surface area contributed by atoms with Gasteiger partial charge in [-0.1, -0.05) is 146 Å². The molecule has 11 aromatic rings. The molecule has 0 radical (unpaired) electrons. The third-order valence-corrected chi connectivity index (χ3v) is 10.6. The number of furan rings is 1. The van der Waals surface area contributed by atoms with Gasteiger partial charge in [-0.3, -0.25) is 0 Å². The number of rotatable bonds is 2. The molecule has 0 amide bonds. The summed E-state index contributed by atoms with van der Waals surface area (Å²) in [6, 6.07) is 63.9. The number of hydrogen-bond acceptors (Lipinski definition) is 1. The molecule has 2 nitrogen and oxygen atoms in total. The molecule has 3 aromatic heterocycles. The van der Waals surface area contributed by atoms with Gasteiger partial charge in [0.05, 0.1) is 16.6 Å². The SMILES string of the molecule is c1cc(-c2ccc3c(c2)c2cccc4c5ccccc5c5ccccc5c5ccccc5n3c42)cc(-c2cccc3c2oc2ccccc23)c1. The second-order valence-corrected chi connectivity index (χ2v) is 13.2. The Morgan fingerprint density at radius 1 is 0.320 bits per heavy atom. The monoisotopic (exact) mass is 635 g/mol. The summed E-state index contributed by atoms with van der Waals surface area (Å²) < 4.78 is 8.92. The molecule has 11 rings (SSSR count). The highest BCUT2D eigenvalue weighted by Gasteiger charge is 2.17. The number of para-hydroxylation sites is 4. The standard InChI is InChI=1S/C48H29NO/c1-3-16-36-34(14-1)35-15-2-4-17-37(35)40-21-11-22-41-43-29-31(26-27-45(43)49(47(40)41)44-24-7-5-18-38(36)44)30-12-9-13-32(28-30)33-20-10-23-42-39-19-6-8-25-46(39)50-48(33)42/h1-29H. The lowest BCUT2D eigenvalue weighted by atomic mass is 9.96. The van der Waals surface area contributed by atoms with E-state index in [1.165, 1.54) is 70.8 Å². The Morgan fingerprint density at radius 3 is 1.64 bits per heavy atom. The van der Waals surface area contributed by atoms with Gasteiger partial charge >= 0.3 is 0 Å². The Hall–Kier alpha value is -6.64. The molecule has 50 heavy (non-hydrogen) atoms. The molecule has 0 saturated carbocycles. The second-order valence-electron chi connectivity index (χ2n) is 13.2. The molecule has 0 saturated heterocycles. The van der Waals surface area contributed by atoms with Gasteiger partial charge in [-0.2, -0.15) is 0 Å². The van der Waals surface area contributed by atoms with E-state index in [0.717, 1.165) is 33.1 Å². The van der Waals surface area contributed by atoms with Crippen LogP contribution in [0.25, 0.3) is 104 Å². The zero-order chi connectivity index (χ0) is 32.8. The number of fused-ring (bicyclic) bond motifs is 13. The molecule has 0 unspecified atom stereocenters. The van der Waals surface area contributed by atoms with Gasteiger partial charge in [0, 0.05) is 37.9 Å². The molecule has 232 valence electrons. The first kappa shape index (κ1) is 27.3. The molecule has 0 bridgehead atoms. The summed E-state index contributed by atoms with van der Waals surface area (Å²) in [5.74, 6) is 0. The van der Waals surface area contributed by atoms with Crippen molar-refractivity contribution in [3.8, 4) is 22.3 Å². The highest BCUT2D eigenvalue weighted by atomic mass is 16.3. The third kappa shape index (κ3) is 3.85. The average Bonchev–Trinajstić information content (AvgIpc) is 3.74. The van der Waals surface area contributed by atoms with Gasteiger partial charge in [0.25, 0.3) is 0 Å². The Kier molecular flexibility index (Phi) is 5.70. The maximum Gasteiger partial charge on any atom is 0.143 e. The van der Waals surface area contributed by atoms with Gasteiger partial charge in [-0.25, -0.2) is 0 Å². The Morgan fingerprint density at radius 2 is 0.840 bits per heavy atom. The minimum atomic E-state index is 0.916. The van der Waals surface area contributed by atoms with E-state index in [1.807, 2.05) is 12.1 Å². The minimum Gasteiger partial charge on any atom is -0.455 e. The molecule has 8 aromatic carbocycles. The summed E-state index contributed by atoms with van der Waals surface area (Å²) in [5.41, 5.74) is 10.1. The van der Waals surface area contributed by atoms with Crippen LogP contribution in [0.5, 0.6) is 0 Å². The molecule has 0 aliphatic rings. The van der Waals surface area contributed by atoms with Crippen molar-refractivity contribution in [1.29, 1.82) is 0 Å². The van der Waals surface area contributed by atoms with E-state index < -0.39 is 0 Å². The van der Waals surface area contributed by atoms with Crippen LogP contribution in [0, 0.1) is 0 Å². The van der Waals surface area contributed by atoms with Crippen LogP contribution < -0.4 is 0 Å². The predicted molar refractivity (Wildman–Crippen MR) is 212 cm³/mol. The molecule has 3 heterocycles. The number of hydrogen-bond donors (Lipinski definition) is 0. The summed E-state index contributed by atoms with van der Waals surface area (Å²) in [5, 5.41) is 12.2. The first-order valence-corrected chi connectivity index (χ1v) is 17.2. The van der Waals surface area contributed by atoms with Crippen LogP contribution in [0.2, 0.25) is 0 Å². The van der Waals surface area contributed by atoms with E-state index in [9.17, 15) is 0 Å². The van der Waals surface area contributed by atoms with Gasteiger partial charge in [0.2, 0.25) is 0 Å². The molecule has 0 N–H and O–H groups in total. The molecular formula is C48H29NO. The maximum absolute atomic E-state index is 6.42. The number of aromatic nitrogens is 1. The number of benzene rings is 8. The molecule has 0 atom stereocenters. The zero-order valence-electron chi connectivity index (χ0n) is 27.1. The number of nitrogens with zero attached hydrogens (tertiary/aromatic N) is 1. The maximum atomic E-state index is 6.42. The molecule has 0 spiro atoms. The summed E-state index contributed by atoms with van der Waals surface area (Å²) in [6.07, 6.45) is 0. The predicted octanol–water partition coefficient (Wildman–Crippen LogP) is 13.5. The van der Waals surface area contributed by atoms with E-state index >= 15 is 0 Å². The summed E-state index contributed by atoms with van der Waals surface area (Å²) >= 11 is 0. The fourth-order valence-corrected chi connectivity index (χ4v) is 8.36. The highest BCUT2D eigenvalue weighted by molar-refractivity contribution is 6.25. The van der Waals surface area contributed by atoms with Gasteiger partial charge in [0.15, 0.2) is 0 Å². The highest BCUT2D eigenvalue weighted by Crippen LogP contribution is 2.41. The lowest BCUT2D eigenvalue weighted by Crippen LogP contribution is -1.87. The van der Waals surface area contributed by atoms with Crippen molar-refractivity contribution >= 4 is 81.6 Å². The van der Waals surface area contributed by atoms with E-state index in [4.69, 9.17) is 4.42 Å². The fourth-order valence-electron chi connectivity index (χ4n) is 8.36. The Labute approximate surface area is 287 Å². The van der Waals surface area contributed by atoms with Crippen LogP contribution in [-0.4, -0.2) is 4.40 Å². The lowest BCUT2D eigenvalue weighted by molar-refractivity contribution is 0.670. The molecule has 0 fully saturated rings. The molecule has 0 aliphatic heterocycles. The Bertz CT molecular complexity index is 3210. The minimum absolute atomic E-state index is 0.916. The first-order valence-electron chi connectivity index (χ1n) is 17.2. The third-order valence-electron chi connectivity index (χ3n) is 10.6. The van der Waals surface area contributed by atoms with Gasteiger partial charge in [0.1, 0.15) is 11.2 Å². The van der Waals surface area contributed by atoms with Crippen LogP contribution in [0.4, 0.5) is 0 Å². The fraction of sp³-hybridized carbons (Fsp3) is 0. The van der Waals surface area contributed by atoms with Crippen molar-refractivity contribution in [3.63, 3.8) is 0 Å². The van der Waals surface area contributed by atoms with Crippen molar-refractivity contribution in [3.05, 3.63) is 176 Å². The van der Waals surface area contributed by atoms with E-state index in [-0.39, 0.29) is 0 Å². The van der Waals surface area contributed by atoms with Crippen molar-refractivity contribution < 1.29 is 4.42 Å². The van der Waals surface area contributed by atoms with Crippen LogP contribution >= 0.6 is 0 Å². The van der Waals surface area contributed by atoms with Crippen molar-refractivity contribution in [2.75, 3.05) is 0 Å². The van der Waals surface area contributed by atoms with Crippen molar-refractivity contribution in [2.24, 2.45) is 0 Å². The van der Waals surface area contributed by atoms with Crippen LogP contribution in [0.1, 0.15) is 0 Å².